The Bertz CT molecular complexity index is 796. The van der Waals surface area contributed by atoms with Gasteiger partial charge in [-0.2, -0.15) is 0 Å². The predicted molar refractivity (Wildman–Crippen MR) is 85.8 cm³/mol. The minimum atomic E-state index is -0.994. The molecule has 3 aromatic rings. The van der Waals surface area contributed by atoms with E-state index in [9.17, 15) is 9.90 Å². The summed E-state index contributed by atoms with van der Waals surface area (Å²) in [7, 11) is 1.60. The minimum absolute atomic E-state index is 0.244. The van der Waals surface area contributed by atoms with Crippen LogP contribution in [0.3, 0.4) is 0 Å². The van der Waals surface area contributed by atoms with Crippen LogP contribution in [0.1, 0.15) is 5.69 Å². The molecule has 0 aliphatic carbocycles. The Balaban J connectivity index is 1.72. The molecule has 2 heterocycles. The number of anilines is 1. The number of rotatable bonds is 7. The molecule has 0 fully saturated rings. The lowest BCUT2D eigenvalue weighted by Crippen LogP contribution is -2.31. The summed E-state index contributed by atoms with van der Waals surface area (Å²) in [5.41, 5.74) is 2.16. The summed E-state index contributed by atoms with van der Waals surface area (Å²) >= 11 is 0. The number of aromatic nitrogens is 3. The third kappa shape index (κ3) is 3.54. The van der Waals surface area contributed by atoms with E-state index in [2.05, 4.69) is 20.4 Å². The molecule has 3 rings (SSSR count). The summed E-state index contributed by atoms with van der Waals surface area (Å²) in [6.07, 6.45) is 3.33. The molecule has 0 aliphatic rings. The molecule has 0 saturated heterocycles. The number of H-pyrrole nitrogens is 1. The molecule has 8 heteroatoms. The van der Waals surface area contributed by atoms with Gasteiger partial charge in [0.1, 0.15) is 17.5 Å². The Labute approximate surface area is 137 Å². The number of carboxylic acids is 1. The van der Waals surface area contributed by atoms with Crippen LogP contribution in [0.15, 0.2) is 47.4 Å². The molecular formula is C16H16N4O4. The second-order valence-electron chi connectivity index (χ2n) is 5.12. The van der Waals surface area contributed by atoms with Crippen molar-refractivity contribution in [2.45, 2.75) is 12.5 Å². The molecule has 0 amide bonds. The smallest absolute Gasteiger partial charge is 0.326 e. The third-order valence-electron chi connectivity index (χ3n) is 3.49. The van der Waals surface area contributed by atoms with Crippen molar-refractivity contribution >= 4 is 11.9 Å². The largest absolute Gasteiger partial charge is 0.497 e. The number of benzene rings is 1. The van der Waals surface area contributed by atoms with E-state index < -0.39 is 12.0 Å². The number of aromatic amines is 1. The van der Waals surface area contributed by atoms with E-state index in [-0.39, 0.29) is 12.3 Å². The van der Waals surface area contributed by atoms with Gasteiger partial charge >= 0.3 is 5.97 Å². The van der Waals surface area contributed by atoms with Gasteiger partial charge in [-0.1, -0.05) is 5.16 Å². The van der Waals surface area contributed by atoms with Crippen LogP contribution in [-0.4, -0.2) is 39.4 Å². The number of carbonyl (C=O) groups is 1. The number of ether oxygens (including phenoxy) is 1. The van der Waals surface area contributed by atoms with E-state index in [1.807, 2.05) is 24.3 Å². The van der Waals surface area contributed by atoms with E-state index >= 15 is 0 Å². The van der Waals surface area contributed by atoms with Crippen LogP contribution >= 0.6 is 0 Å². The van der Waals surface area contributed by atoms with E-state index in [0.717, 1.165) is 11.3 Å². The van der Waals surface area contributed by atoms with E-state index in [0.29, 0.717) is 11.4 Å². The van der Waals surface area contributed by atoms with E-state index in [1.165, 1.54) is 6.33 Å². The highest BCUT2D eigenvalue weighted by atomic mass is 16.5. The first-order valence-electron chi connectivity index (χ1n) is 7.23. The van der Waals surface area contributed by atoms with Gasteiger partial charge in [0.2, 0.25) is 5.88 Å². The van der Waals surface area contributed by atoms with Crippen molar-refractivity contribution in [2.24, 2.45) is 0 Å². The van der Waals surface area contributed by atoms with Crippen molar-refractivity contribution < 1.29 is 19.2 Å². The van der Waals surface area contributed by atoms with Crippen LogP contribution in [-0.2, 0) is 11.2 Å². The lowest BCUT2D eigenvalue weighted by molar-refractivity contribution is -0.137. The quantitative estimate of drug-likeness (QED) is 0.609. The summed E-state index contributed by atoms with van der Waals surface area (Å²) in [5, 5.41) is 16.1. The number of nitrogens with zero attached hydrogens (tertiary/aromatic N) is 2. The summed E-state index contributed by atoms with van der Waals surface area (Å²) < 4.78 is 10.3. The fourth-order valence-corrected chi connectivity index (χ4v) is 2.23. The maximum Gasteiger partial charge on any atom is 0.326 e. The van der Waals surface area contributed by atoms with Gasteiger partial charge in [-0.3, -0.25) is 0 Å². The fourth-order valence-electron chi connectivity index (χ4n) is 2.23. The summed E-state index contributed by atoms with van der Waals surface area (Å²) in [6, 6.07) is 8.12. The van der Waals surface area contributed by atoms with Gasteiger partial charge in [-0.25, -0.2) is 9.78 Å². The Kier molecular flexibility index (Phi) is 4.46. The summed E-state index contributed by atoms with van der Waals surface area (Å²) in [6.45, 7) is 0. The average molecular weight is 328 g/mol. The first-order valence-corrected chi connectivity index (χ1v) is 7.23. The Morgan fingerprint density at radius 2 is 2.21 bits per heavy atom. The van der Waals surface area contributed by atoms with Gasteiger partial charge in [-0.05, 0) is 24.3 Å². The molecule has 1 aromatic carbocycles. The van der Waals surface area contributed by atoms with Crippen molar-refractivity contribution in [3.63, 3.8) is 0 Å². The first-order chi connectivity index (χ1) is 11.7. The SMILES string of the molecule is COc1ccc(-c2cc(N[C@H](Cc3cnc[nH]3)C(=O)O)on2)cc1. The molecular weight excluding hydrogens is 312 g/mol. The molecule has 124 valence electrons. The molecule has 1 atom stereocenters. The van der Waals surface area contributed by atoms with Gasteiger partial charge in [0.05, 0.1) is 13.4 Å². The van der Waals surface area contributed by atoms with Crippen molar-refractivity contribution in [2.75, 3.05) is 12.4 Å². The zero-order valence-electron chi connectivity index (χ0n) is 12.9. The molecule has 0 saturated carbocycles. The number of hydrogen-bond acceptors (Lipinski definition) is 6. The molecule has 0 unspecified atom stereocenters. The number of imidazole rings is 1. The number of carboxylic acid groups (broad SMARTS) is 1. The average Bonchev–Trinajstić information content (AvgIpc) is 3.26. The van der Waals surface area contributed by atoms with Gasteiger partial charge in [0.25, 0.3) is 0 Å². The molecule has 3 N–H and O–H groups in total. The standard InChI is InChI=1S/C16H16N4O4/c1-23-12-4-2-10(3-5-12)13-7-15(24-20-13)19-14(16(21)22)6-11-8-17-9-18-11/h2-5,7-9,14,19H,6H2,1H3,(H,17,18)(H,21,22)/t14-/m1/s1. The van der Waals surface area contributed by atoms with Crippen LogP contribution in [0.2, 0.25) is 0 Å². The molecule has 8 nitrogen and oxygen atoms in total. The number of nitrogens with one attached hydrogen (secondary N) is 2. The maximum atomic E-state index is 11.4. The van der Waals surface area contributed by atoms with Crippen LogP contribution in [0.4, 0.5) is 5.88 Å². The minimum Gasteiger partial charge on any atom is -0.497 e. The monoisotopic (exact) mass is 328 g/mol. The van der Waals surface area contributed by atoms with Crippen LogP contribution in [0.25, 0.3) is 11.3 Å². The zero-order chi connectivity index (χ0) is 16.9. The molecule has 0 bridgehead atoms. The Morgan fingerprint density at radius 3 is 2.83 bits per heavy atom. The molecule has 24 heavy (non-hydrogen) atoms. The Morgan fingerprint density at radius 1 is 1.42 bits per heavy atom. The Hall–Kier alpha value is -3.29. The topological polar surface area (TPSA) is 113 Å². The van der Waals surface area contributed by atoms with E-state index in [4.69, 9.17) is 9.26 Å². The van der Waals surface area contributed by atoms with Crippen molar-refractivity contribution in [1.82, 2.24) is 15.1 Å². The van der Waals surface area contributed by atoms with Crippen LogP contribution in [0, 0.1) is 0 Å². The third-order valence-corrected chi connectivity index (χ3v) is 3.49. The van der Waals surface area contributed by atoms with Crippen LogP contribution < -0.4 is 10.1 Å². The second-order valence-corrected chi connectivity index (χ2v) is 5.12. The van der Waals surface area contributed by atoms with Gasteiger partial charge in [0.15, 0.2) is 0 Å². The van der Waals surface area contributed by atoms with Crippen molar-refractivity contribution in [1.29, 1.82) is 0 Å². The second kappa shape index (κ2) is 6.86. The van der Waals surface area contributed by atoms with Gasteiger partial charge < -0.3 is 24.7 Å². The first kappa shape index (κ1) is 15.6. The normalized spacial score (nSPS) is 11.9. The van der Waals surface area contributed by atoms with Gasteiger partial charge in [0, 0.05) is 29.9 Å². The summed E-state index contributed by atoms with van der Waals surface area (Å²) in [4.78, 5) is 18.2. The van der Waals surface area contributed by atoms with E-state index in [1.54, 1.807) is 19.4 Å². The number of aliphatic carboxylic acids is 1. The van der Waals surface area contributed by atoms with Crippen LogP contribution in [0.5, 0.6) is 5.75 Å². The molecule has 0 spiro atoms. The van der Waals surface area contributed by atoms with Crippen molar-refractivity contribution in [3.05, 3.63) is 48.5 Å². The molecule has 0 aliphatic heterocycles. The summed E-state index contributed by atoms with van der Waals surface area (Å²) in [5.74, 6) is 0.0332. The molecule has 0 radical (unpaired) electrons. The predicted octanol–water partition coefficient (Wildman–Crippen LogP) is 2.18. The maximum absolute atomic E-state index is 11.4. The van der Waals surface area contributed by atoms with Gasteiger partial charge in [-0.15, -0.1) is 0 Å². The lowest BCUT2D eigenvalue weighted by atomic mass is 10.1. The molecule has 2 aromatic heterocycles. The zero-order valence-corrected chi connectivity index (χ0v) is 12.9. The van der Waals surface area contributed by atoms with Crippen molar-refractivity contribution in [3.8, 4) is 17.0 Å². The highest BCUT2D eigenvalue weighted by Gasteiger charge is 2.20. The number of methoxy groups -OCH3 is 1. The highest BCUT2D eigenvalue weighted by Crippen LogP contribution is 2.24. The fraction of sp³-hybridized carbons (Fsp3) is 0.188. The lowest BCUT2D eigenvalue weighted by Gasteiger charge is -2.11. The number of hydrogen-bond donors (Lipinski definition) is 3. The highest BCUT2D eigenvalue weighted by molar-refractivity contribution is 5.77.